The lowest BCUT2D eigenvalue weighted by Gasteiger charge is -2.17. The smallest absolute Gasteiger partial charge is 0.346 e. The molecule has 0 amide bonds. The Morgan fingerprint density at radius 2 is 1.81 bits per heavy atom. The second-order valence-electron chi connectivity index (χ2n) is 6.60. The van der Waals surface area contributed by atoms with E-state index in [0.29, 0.717) is 18.5 Å². The summed E-state index contributed by atoms with van der Waals surface area (Å²) in [6.07, 6.45) is -1.66. The van der Waals surface area contributed by atoms with Crippen molar-refractivity contribution in [1.29, 1.82) is 0 Å². The Morgan fingerprint density at radius 3 is 2.33 bits per heavy atom. The SMILES string of the molecule is CC(C)(C)Cc1cn(CCN)c2ccc(C(F)(F)F)cc12. The molecule has 2 N–H and O–H groups in total. The van der Waals surface area contributed by atoms with Gasteiger partial charge in [0.2, 0.25) is 0 Å². The molecule has 2 aromatic rings. The number of hydrogen-bond donors (Lipinski definition) is 1. The Morgan fingerprint density at radius 1 is 1.14 bits per heavy atom. The van der Waals surface area contributed by atoms with Gasteiger partial charge in [-0.25, -0.2) is 0 Å². The predicted molar refractivity (Wildman–Crippen MR) is 79.2 cm³/mol. The van der Waals surface area contributed by atoms with E-state index < -0.39 is 11.7 Å². The molecular formula is C16H21F3N2. The minimum Gasteiger partial charge on any atom is -0.346 e. The van der Waals surface area contributed by atoms with Gasteiger partial charge in [0.05, 0.1) is 5.56 Å². The molecule has 0 atom stereocenters. The lowest BCUT2D eigenvalue weighted by molar-refractivity contribution is -0.137. The minimum atomic E-state index is -4.32. The van der Waals surface area contributed by atoms with Crippen molar-refractivity contribution in [2.75, 3.05) is 6.54 Å². The van der Waals surface area contributed by atoms with E-state index in [1.165, 1.54) is 6.07 Å². The highest BCUT2D eigenvalue weighted by molar-refractivity contribution is 5.85. The molecule has 0 unspecified atom stereocenters. The lowest BCUT2D eigenvalue weighted by atomic mass is 9.88. The van der Waals surface area contributed by atoms with Crippen molar-refractivity contribution in [2.24, 2.45) is 11.1 Å². The monoisotopic (exact) mass is 298 g/mol. The van der Waals surface area contributed by atoms with Gasteiger partial charge in [-0.05, 0) is 35.6 Å². The first kappa shape index (κ1) is 15.9. The van der Waals surface area contributed by atoms with Crippen LogP contribution in [0.2, 0.25) is 0 Å². The largest absolute Gasteiger partial charge is 0.416 e. The van der Waals surface area contributed by atoms with Gasteiger partial charge in [-0.15, -0.1) is 0 Å². The average molecular weight is 298 g/mol. The van der Waals surface area contributed by atoms with Gasteiger partial charge < -0.3 is 10.3 Å². The van der Waals surface area contributed by atoms with E-state index in [4.69, 9.17) is 5.73 Å². The van der Waals surface area contributed by atoms with Crippen molar-refractivity contribution in [3.05, 3.63) is 35.5 Å². The van der Waals surface area contributed by atoms with Gasteiger partial charge in [0, 0.05) is 30.2 Å². The number of hydrogen-bond acceptors (Lipinski definition) is 1. The van der Waals surface area contributed by atoms with Gasteiger partial charge >= 0.3 is 6.18 Å². The maximum absolute atomic E-state index is 12.9. The summed E-state index contributed by atoms with van der Waals surface area (Å²) in [7, 11) is 0. The van der Waals surface area contributed by atoms with Crippen LogP contribution < -0.4 is 5.73 Å². The zero-order valence-electron chi connectivity index (χ0n) is 12.6. The minimum absolute atomic E-state index is 0.00999. The van der Waals surface area contributed by atoms with Crippen LogP contribution >= 0.6 is 0 Å². The fraction of sp³-hybridized carbons (Fsp3) is 0.500. The van der Waals surface area contributed by atoms with E-state index in [1.54, 1.807) is 6.07 Å². The zero-order chi connectivity index (χ0) is 15.8. The molecule has 0 saturated carbocycles. The van der Waals surface area contributed by atoms with Crippen molar-refractivity contribution in [3.63, 3.8) is 0 Å². The van der Waals surface area contributed by atoms with E-state index in [0.717, 1.165) is 23.6 Å². The summed E-state index contributed by atoms with van der Waals surface area (Å²) in [5.74, 6) is 0. The Balaban J connectivity index is 2.60. The third-order valence-electron chi connectivity index (χ3n) is 3.38. The summed E-state index contributed by atoms with van der Waals surface area (Å²) < 4.78 is 40.7. The average Bonchev–Trinajstić information content (AvgIpc) is 2.64. The molecule has 1 heterocycles. The Kier molecular flexibility index (Phi) is 4.06. The molecule has 0 aliphatic heterocycles. The molecule has 1 aromatic carbocycles. The number of nitrogens with zero attached hydrogens (tertiary/aromatic N) is 1. The first-order valence-corrected chi connectivity index (χ1v) is 7.01. The molecule has 0 aliphatic carbocycles. The fourth-order valence-corrected chi connectivity index (χ4v) is 2.58. The van der Waals surface area contributed by atoms with Gasteiger partial charge in [0.1, 0.15) is 0 Å². The second kappa shape index (κ2) is 5.37. The molecule has 0 aliphatic rings. The van der Waals surface area contributed by atoms with Crippen molar-refractivity contribution in [2.45, 2.75) is 39.9 Å². The molecular weight excluding hydrogens is 277 g/mol. The van der Waals surface area contributed by atoms with Gasteiger partial charge in [-0.3, -0.25) is 0 Å². The third-order valence-corrected chi connectivity index (χ3v) is 3.38. The van der Waals surface area contributed by atoms with Crippen molar-refractivity contribution >= 4 is 10.9 Å². The highest BCUT2D eigenvalue weighted by Crippen LogP contribution is 2.34. The van der Waals surface area contributed by atoms with Crippen LogP contribution in [0.15, 0.2) is 24.4 Å². The maximum Gasteiger partial charge on any atom is 0.416 e. The van der Waals surface area contributed by atoms with E-state index >= 15 is 0 Å². The highest BCUT2D eigenvalue weighted by Gasteiger charge is 2.31. The number of alkyl halides is 3. The summed E-state index contributed by atoms with van der Waals surface area (Å²) >= 11 is 0. The second-order valence-corrected chi connectivity index (χ2v) is 6.60. The summed E-state index contributed by atoms with van der Waals surface area (Å²) in [6, 6.07) is 3.93. The quantitative estimate of drug-likeness (QED) is 0.904. The van der Waals surface area contributed by atoms with E-state index in [1.807, 2.05) is 10.8 Å². The standard InChI is InChI=1S/C16H21F3N2/c1-15(2,3)9-11-10-21(7-6-20)14-5-4-12(8-13(11)14)16(17,18)19/h4-5,8,10H,6-7,9,20H2,1-3H3. The third kappa shape index (κ3) is 3.59. The number of halogens is 3. The van der Waals surface area contributed by atoms with Crippen molar-refractivity contribution < 1.29 is 13.2 Å². The molecule has 21 heavy (non-hydrogen) atoms. The van der Waals surface area contributed by atoms with Crippen LogP contribution in [0.5, 0.6) is 0 Å². The van der Waals surface area contributed by atoms with Crippen LogP contribution in [0.3, 0.4) is 0 Å². The van der Waals surface area contributed by atoms with Crippen molar-refractivity contribution in [3.8, 4) is 0 Å². The molecule has 5 heteroatoms. The van der Waals surface area contributed by atoms with Gasteiger partial charge in [0.15, 0.2) is 0 Å². The van der Waals surface area contributed by atoms with Crippen LogP contribution in [0.25, 0.3) is 10.9 Å². The van der Waals surface area contributed by atoms with Crippen LogP contribution in [0.1, 0.15) is 31.9 Å². The molecule has 116 valence electrons. The van der Waals surface area contributed by atoms with Crippen LogP contribution in [-0.4, -0.2) is 11.1 Å². The number of aromatic nitrogens is 1. The van der Waals surface area contributed by atoms with Gasteiger partial charge in [-0.1, -0.05) is 20.8 Å². The molecule has 0 saturated heterocycles. The van der Waals surface area contributed by atoms with Gasteiger partial charge in [0.25, 0.3) is 0 Å². The molecule has 0 fully saturated rings. The number of fused-ring (bicyclic) bond motifs is 1. The molecule has 0 radical (unpaired) electrons. The Labute approximate surface area is 122 Å². The maximum atomic E-state index is 12.9. The summed E-state index contributed by atoms with van der Waals surface area (Å²) in [5, 5.41) is 0.674. The van der Waals surface area contributed by atoms with Crippen LogP contribution in [-0.2, 0) is 19.1 Å². The number of nitrogens with two attached hydrogens (primary N) is 1. The van der Waals surface area contributed by atoms with E-state index in [-0.39, 0.29) is 5.41 Å². The van der Waals surface area contributed by atoms with Crippen LogP contribution in [0, 0.1) is 5.41 Å². The Bertz CT molecular complexity index is 633. The lowest BCUT2D eigenvalue weighted by Crippen LogP contribution is -2.10. The zero-order valence-corrected chi connectivity index (χ0v) is 12.6. The first-order chi connectivity index (χ1) is 9.62. The fourth-order valence-electron chi connectivity index (χ4n) is 2.58. The Hall–Kier alpha value is -1.49. The number of rotatable bonds is 3. The van der Waals surface area contributed by atoms with Gasteiger partial charge in [-0.2, -0.15) is 13.2 Å². The highest BCUT2D eigenvalue weighted by atomic mass is 19.4. The first-order valence-electron chi connectivity index (χ1n) is 7.01. The summed E-state index contributed by atoms with van der Waals surface area (Å²) in [6.45, 7) is 7.29. The molecule has 2 nitrogen and oxygen atoms in total. The molecule has 0 bridgehead atoms. The van der Waals surface area contributed by atoms with Crippen LogP contribution in [0.4, 0.5) is 13.2 Å². The topological polar surface area (TPSA) is 30.9 Å². The normalized spacial score (nSPS) is 13.1. The number of benzene rings is 1. The molecule has 1 aromatic heterocycles. The molecule has 0 spiro atoms. The van der Waals surface area contributed by atoms with E-state index in [9.17, 15) is 13.2 Å². The van der Waals surface area contributed by atoms with E-state index in [2.05, 4.69) is 20.8 Å². The summed E-state index contributed by atoms with van der Waals surface area (Å²) in [5.41, 5.74) is 6.75. The van der Waals surface area contributed by atoms with Crippen molar-refractivity contribution in [1.82, 2.24) is 4.57 Å². The predicted octanol–water partition coefficient (Wildman–Crippen LogP) is 4.21. The molecule has 2 rings (SSSR count). The summed E-state index contributed by atoms with van der Waals surface area (Å²) in [4.78, 5) is 0.